The van der Waals surface area contributed by atoms with Crippen molar-refractivity contribution >= 4 is 11.8 Å². The van der Waals surface area contributed by atoms with Gasteiger partial charge in [0, 0.05) is 30.6 Å². The van der Waals surface area contributed by atoms with E-state index in [4.69, 9.17) is 4.74 Å². The van der Waals surface area contributed by atoms with E-state index in [0.717, 1.165) is 23.5 Å². The summed E-state index contributed by atoms with van der Waals surface area (Å²) in [4.78, 5) is 29.1. The van der Waals surface area contributed by atoms with Crippen molar-refractivity contribution in [3.8, 4) is 5.75 Å². The molecule has 0 saturated heterocycles. The second-order valence-corrected chi connectivity index (χ2v) is 11.3. The first kappa shape index (κ1) is 25.1. The van der Waals surface area contributed by atoms with Crippen molar-refractivity contribution in [3.63, 3.8) is 0 Å². The maximum absolute atomic E-state index is 14.0. The normalized spacial score (nSPS) is 30.7. The van der Waals surface area contributed by atoms with Crippen LogP contribution in [0.3, 0.4) is 0 Å². The van der Waals surface area contributed by atoms with E-state index in [1.54, 1.807) is 11.0 Å². The van der Waals surface area contributed by atoms with Crippen LogP contribution in [-0.2, 0) is 16.1 Å². The minimum absolute atomic E-state index is 0.00998. The Kier molecular flexibility index (Phi) is 6.97. The maximum Gasteiger partial charge on any atom is 0.247 e. The second kappa shape index (κ2) is 10.5. The lowest BCUT2D eigenvalue weighted by Gasteiger charge is -2.41. The standard InChI is InChI=1S/C31H36N2O5/c34-13-12-32-31(37)24-17-25(29(36)30-28(24)23-8-4-5-9-26(23)38-30)33(18-19-6-2-1-3-7-19)27(35)16-22-15-20-10-11-21(22)14-20/h1-9,17,20-22,25,28-30,34,36H,10-16,18H2,(H,32,37). The number of ether oxygens (including phenoxy) is 1. The number of fused-ring (bicyclic) bond motifs is 5. The Morgan fingerprint density at radius 3 is 2.55 bits per heavy atom. The molecule has 4 aliphatic rings. The number of nitrogens with one attached hydrogen (secondary N) is 1. The minimum Gasteiger partial charge on any atom is -0.486 e. The Morgan fingerprint density at radius 1 is 1.03 bits per heavy atom. The van der Waals surface area contributed by atoms with Gasteiger partial charge in [0.15, 0.2) is 0 Å². The highest BCUT2D eigenvalue weighted by Gasteiger charge is 2.51. The lowest BCUT2D eigenvalue weighted by molar-refractivity contribution is -0.139. The van der Waals surface area contributed by atoms with Gasteiger partial charge in [-0.2, -0.15) is 0 Å². The van der Waals surface area contributed by atoms with Crippen molar-refractivity contribution in [2.24, 2.45) is 17.8 Å². The number of benzene rings is 2. The molecule has 2 saturated carbocycles. The molecule has 0 spiro atoms. The van der Waals surface area contributed by atoms with Crippen LogP contribution in [0.1, 0.15) is 49.1 Å². The van der Waals surface area contributed by atoms with Gasteiger partial charge >= 0.3 is 0 Å². The van der Waals surface area contributed by atoms with E-state index in [1.807, 2.05) is 54.6 Å². The van der Waals surface area contributed by atoms with E-state index < -0.39 is 24.2 Å². The zero-order chi connectivity index (χ0) is 26.2. The highest BCUT2D eigenvalue weighted by molar-refractivity contribution is 5.96. The Labute approximate surface area is 223 Å². The Hall–Kier alpha value is -3.16. The molecule has 7 atom stereocenters. The minimum atomic E-state index is -1.01. The van der Waals surface area contributed by atoms with Crippen molar-refractivity contribution < 1.29 is 24.5 Å². The summed E-state index contributed by atoms with van der Waals surface area (Å²) in [6.07, 6.45) is 5.36. The molecule has 3 aliphatic carbocycles. The predicted molar refractivity (Wildman–Crippen MR) is 142 cm³/mol. The fraction of sp³-hybridized carbons (Fsp3) is 0.484. The van der Waals surface area contributed by atoms with Gasteiger partial charge in [-0.1, -0.05) is 55.0 Å². The third-order valence-electron chi connectivity index (χ3n) is 9.07. The highest BCUT2D eigenvalue weighted by atomic mass is 16.5. The molecule has 2 aromatic rings. The van der Waals surface area contributed by atoms with Gasteiger partial charge in [0.05, 0.1) is 18.6 Å². The average Bonchev–Trinajstić information content (AvgIpc) is 3.66. The van der Waals surface area contributed by atoms with Crippen LogP contribution in [-0.4, -0.2) is 58.3 Å². The summed E-state index contributed by atoms with van der Waals surface area (Å²) < 4.78 is 6.23. The van der Waals surface area contributed by atoms with Crippen LogP contribution in [0.25, 0.3) is 0 Å². The highest BCUT2D eigenvalue weighted by Crippen LogP contribution is 2.50. The number of carbonyl (C=O) groups excluding carboxylic acids is 2. The summed E-state index contributed by atoms with van der Waals surface area (Å²) >= 11 is 0. The van der Waals surface area contributed by atoms with E-state index in [9.17, 15) is 19.8 Å². The van der Waals surface area contributed by atoms with Crippen LogP contribution in [0.15, 0.2) is 66.2 Å². The van der Waals surface area contributed by atoms with E-state index >= 15 is 0 Å². The van der Waals surface area contributed by atoms with E-state index in [0.29, 0.717) is 36.1 Å². The number of nitrogens with zero attached hydrogens (tertiary/aromatic N) is 1. The van der Waals surface area contributed by atoms with Gasteiger partial charge in [-0.05, 0) is 54.7 Å². The summed E-state index contributed by atoms with van der Waals surface area (Å²) in [6, 6.07) is 16.6. The van der Waals surface area contributed by atoms with Crippen molar-refractivity contribution in [3.05, 3.63) is 77.4 Å². The summed E-state index contributed by atoms with van der Waals surface area (Å²) in [7, 11) is 0. The fourth-order valence-corrected chi connectivity index (χ4v) is 7.30. The number of aliphatic hydroxyl groups is 2. The molecule has 2 aromatic carbocycles. The number of hydrogen-bond acceptors (Lipinski definition) is 5. The zero-order valence-electron chi connectivity index (χ0n) is 21.5. The fourth-order valence-electron chi connectivity index (χ4n) is 7.30. The largest absolute Gasteiger partial charge is 0.486 e. The Bertz CT molecular complexity index is 1210. The summed E-state index contributed by atoms with van der Waals surface area (Å²) in [6.45, 7) is 0.295. The Morgan fingerprint density at radius 2 is 1.82 bits per heavy atom. The second-order valence-electron chi connectivity index (χ2n) is 11.3. The van der Waals surface area contributed by atoms with Crippen LogP contribution in [0.5, 0.6) is 5.75 Å². The van der Waals surface area contributed by atoms with Gasteiger partial charge in [0.2, 0.25) is 11.8 Å². The summed E-state index contributed by atoms with van der Waals surface area (Å²) in [5, 5.41) is 23.8. The van der Waals surface area contributed by atoms with Crippen LogP contribution in [0.2, 0.25) is 0 Å². The number of para-hydroxylation sites is 1. The third-order valence-corrected chi connectivity index (χ3v) is 9.07. The topological polar surface area (TPSA) is 99.1 Å². The number of carbonyl (C=O) groups is 2. The molecule has 200 valence electrons. The number of amides is 2. The zero-order valence-corrected chi connectivity index (χ0v) is 21.5. The van der Waals surface area contributed by atoms with E-state index in [-0.39, 0.29) is 25.0 Å². The van der Waals surface area contributed by atoms with Crippen molar-refractivity contribution in [1.29, 1.82) is 0 Å². The van der Waals surface area contributed by atoms with Crippen LogP contribution in [0, 0.1) is 17.8 Å². The molecule has 0 radical (unpaired) electrons. The lowest BCUT2D eigenvalue weighted by Crippen LogP contribution is -2.55. The Balaban J connectivity index is 1.35. The number of aliphatic hydroxyl groups excluding tert-OH is 2. The molecule has 38 heavy (non-hydrogen) atoms. The first-order valence-electron chi connectivity index (χ1n) is 13.9. The van der Waals surface area contributed by atoms with E-state index in [2.05, 4.69) is 5.32 Å². The van der Waals surface area contributed by atoms with Gasteiger partial charge in [0.1, 0.15) is 18.0 Å². The molecular weight excluding hydrogens is 480 g/mol. The lowest BCUT2D eigenvalue weighted by atomic mass is 9.77. The van der Waals surface area contributed by atoms with Crippen molar-refractivity contribution in [2.75, 3.05) is 13.2 Å². The molecule has 1 aliphatic heterocycles. The molecule has 2 bridgehead atoms. The molecule has 6 rings (SSSR count). The number of hydrogen-bond donors (Lipinski definition) is 3. The molecule has 2 fully saturated rings. The van der Waals surface area contributed by atoms with Gasteiger partial charge in [-0.25, -0.2) is 0 Å². The number of rotatable bonds is 8. The molecule has 7 nitrogen and oxygen atoms in total. The monoisotopic (exact) mass is 516 g/mol. The molecule has 0 aromatic heterocycles. The molecule has 2 amide bonds. The SMILES string of the molecule is O=C(NCCO)C1=CC(N(Cc2ccccc2)C(=O)CC2CC3CCC2C3)C(O)C2Oc3ccccc3C12. The smallest absolute Gasteiger partial charge is 0.247 e. The van der Waals surface area contributed by atoms with Gasteiger partial charge in [0.25, 0.3) is 0 Å². The van der Waals surface area contributed by atoms with E-state index in [1.165, 1.54) is 19.3 Å². The van der Waals surface area contributed by atoms with Gasteiger partial charge in [-0.15, -0.1) is 0 Å². The molecule has 3 N–H and O–H groups in total. The first-order valence-corrected chi connectivity index (χ1v) is 13.9. The molecular formula is C31H36N2O5. The average molecular weight is 517 g/mol. The predicted octanol–water partition coefficient (Wildman–Crippen LogP) is 3.16. The van der Waals surface area contributed by atoms with Crippen LogP contribution in [0.4, 0.5) is 0 Å². The summed E-state index contributed by atoms with van der Waals surface area (Å²) in [5.74, 6) is 1.64. The van der Waals surface area contributed by atoms with Crippen molar-refractivity contribution in [1.82, 2.24) is 10.2 Å². The molecule has 7 heteroatoms. The van der Waals surface area contributed by atoms with Gasteiger partial charge in [-0.3, -0.25) is 9.59 Å². The van der Waals surface area contributed by atoms with Crippen molar-refractivity contribution in [2.45, 2.75) is 62.8 Å². The quantitative estimate of drug-likeness (QED) is 0.501. The maximum atomic E-state index is 14.0. The van der Waals surface area contributed by atoms with Crippen LogP contribution < -0.4 is 10.1 Å². The summed E-state index contributed by atoms with van der Waals surface area (Å²) in [5.41, 5.74) is 2.29. The van der Waals surface area contributed by atoms with Crippen LogP contribution >= 0.6 is 0 Å². The third kappa shape index (κ3) is 4.63. The van der Waals surface area contributed by atoms with Gasteiger partial charge < -0.3 is 25.2 Å². The first-order chi connectivity index (χ1) is 18.5. The molecule has 1 heterocycles. The molecule has 7 unspecified atom stereocenters.